The largest absolute Gasteiger partial charge is 0.396 e. The molecule has 0 fully saturated rings. The van der Waals surface area contributed by atoms with Gasteiger partial charge in [0.25, 0.3) is 0 Å². The molecule has 0 saturated heterocycles. The van der Waals surface area contributed by atoms with Crippen LogP contribution in [0.5, 0.6) is 0 Å². The molecule has 2 rings (SSSR count). The number of nitrogen functional groups attached to an aromatic ring is 1. The number of nitrogens with two attached hydrogens (primary N) is 1. The van der Waals surface area contributed by atoms with Crippen molar-refractivity contribution in [3.05, 3.63) is 46.1 Å². The molecule has 2 aromatic rings. The minimum atomic E-state index is 0.483. The van der Waals surface area contributed by atoms with E-state index in [0.717, 1.165) is 11.3 Å². The van der Waals surface area contributed by atoms with E-state index < -0.39 is 0 Å². The molecule has 0 radical (unpaired) electrons. The molecule has 1 aromatic carbocycles. The lowest BCUT2D eigenvalue weighted by Crippen LogP contribution is -2.00. The highest BCUT2D eigenvalue weighted by molar-refractivity contribution is 6.33. The average molecular weight is 268 g/mol. The third kappa shape index (κ3) is 2.62. The van der Waals surface area contributed by atoms with Gasteiger partial charge in [0, 0.05) is 6.20 Å². The Labute approximate surface area is 110 Å². The number of para-hydroxylation sites is 1. The van der Waals surface area contributed by atoms with Crippen LogP contribution in [0.1, 0.15) is 5.56 Å². The van der Waals surface area contributed by atoms with Crippen molar-refractivity contribution in [3.63, 3.8) is 0 Å². The minimum absolute atomic E-state index is 0.483. The van der Waals surface area contributed by atoms with Crippen molar-refractivity contribution in [3.8, 4) is 0 Å². The Morgan fingerprint density at radius 1 is 1.29 bits per heavy atom. The molecule has 0 atom stereocenters. The molecule has 0 spiro atoms. The first kappa shape index (κ1) is 12.0. The molecular formula is C12H11Cl2N3. The Kier molecular flexibility index (Phi) is 3.41. The molecule has 3 N–H and O–H groups in total. The van der Waals surface area contributed by atoms with Crippen LogP contribution in [0, 0.1) is 6.92 Å². The number of nitrogens with one attached hydrogen (secondary N) is 1. The molecule has 0 aliphatic carbocycles. The molecule has 0 bridgehead atoms. The van der Waals surface area contributed by atoms with E-state index >= 15 is 0 Å². The molecule has 0 saturated carbocycles. The number of pyridine rings is 1. The van der Waals surface area contributed by atoms with Crippen molar-refractivity contribution in [2.75, 3.05) is 11.1 Å². The van der Waals surface area contributed by atoms with Gasteiger partial charge in [-0.3, -0.25) is 0 Å². The first-order valence-corrected chi connectivity index (χ1v) is 5.76. The summed E-state index contributed by atoms with van der Waals surface area (Å²) in [4.78, 5) is 4.13. The number of aromatic nitrogens is 1. The summed E-state index contributed by atoms with van der Waals surface area (Å²) in [6, 6.07) is 7.30. The van der Waals surface area contributed by atoms with Crippen molar-refractivity contribution in [2.24, 2.45) is 0 Å². The summed E-state index contributed by atoms with van der Waals surface area (Å²) in [5, 5.41) is 4.24. The highest BCUT2D eigenvalue weighted by Gasteiger charge is 2.07. The van der Waals surface area contributed by atoms with E-state index in [2.05, 4.69) is 10.3 Å². The lowest BCUT2D eigenvalue weighted by atomic mass is 10.2. The SMILES string of the molecule is Cc1cccc(Cl)c1Nc1ncc(Cl)cc1N. The van der Waals surface area contributed by atoms with Crippen molar-refractivity contribution in [2.45, 2.75) is 6.92 Å². The standard InChI is InChI=1S/C12H11Cl2N3/c1-7-3-2-4-9(14)11(7)17-12-10(15)5-8(13)6-16-12/h2-6H,15H2,1H3,(H,16,17). The van der Waals surface area contributed by atoms with Gasteiger partial charge in [-0.15, -0.1) is 0 Å². The maximum Gasteiger partial charge on any atom is 0.153 e. The second-order valence-electron chi connectivity index (χ2n) is 3.65. The van der Waals surface area contributed by atoms with Crippen LogP contribution < -0.4 is 11.1 Å². The van der Waals surface area contributed by atoms with E-state index in [1.54, 1.807) is 6.07 Å². The van der Waals surface area contributed by atoms with Gasteiger partial charge in [-0.1, -0.05) is 35.3 Å². The smallest absolute Gasteiger partial charge is 0.153 e. The Morgan fingerprint density at radius 3 is 2.71 bits per heavy atom. The third-order valence-corrected chi connectivity index (χ3v) is 2.87. The first-order chi connectivity index (χ1) is 8.08. The predicted molar refractivity (Wildman–Crippen MR) is 73.1 cm³/mol. The van der Waals surface area contributed by atoms with Crippen LogP contribution in [-0.4, -0.2) is 4.98 Å². The molecule has 17 heavy (non-hydrogen) atoms. The maximum absolute atomic E-state index is 6.11. The van der Waals surface area contributed by atoms with Gasteiger partial charge >= 0.3 is 0 Å². The molecular weight excluding hydrogens is 257 g/mol. The molecule has 1 aromatic heterocycles. The normalized spacial score (nSPS) is 10.3. The predicted octanol–water partition coefficient (Wildman–Crippen LogP) is 4.02. The number of benzene rings is 1. The summed E-state index contributed by atoms with van der Waals surface area (Å²) in [5.74, 6) is 0.547. The second-order valence-corrected chi connectivity index (χ2v) is 4.49. The fourth-order valence-corrected chi connectivity index (χ4v) is 1.90. The number of nitrogens with zero attached hydrogens (tertiary/aromatic N) is 1. The van der Waals surface area contributed by atoms with Crippen molar-refractivity contribution >= 4 is 40.4 Å². The van der Waals surface area contributed by atoms with Crippen molar-refractivity contribution < 1.29 is 0 Å². The molecule has 0 unspecified atom stereocenters. The fraction of sp³-hybridized carbons (Fsp3) is 0.0833. The summed E-state index contributed by atoms with van der Waals surface area (Å²) in [6.07, 6.45) is 1.53. The number of rotatable bonds is 2. The van der Waals surface area contributed by atoms with E-state index in [0.29, 0.717) is 21.6 Å². The van der Waals surface area contributed by atoms with Gasteiger partial charge in [0.1, 0.15) is 0 Å². The Morgan fingerprint density at radius 2 is 2.06 bits per heavy atom. The molecule has 88 valence electrons. The zero-order valence-electron chi connectivity index (χ0n) is 9.17. The van der Waals surface area contributed by atoms with E-state index in [4.69, 9.17) is 28.9 Å². The topological polar surface area (TPSA) is 50.9 Å². The van der Waals surface area contributed by atoms with Gasteiger partial charge in [-0.25, -0.2) is 4.98 Å². The summed E-state index contributed by atoms with van der Waals surface area (Å²) in [6.45, 7) is 1.96. The average Bonchev–Trinajstić information content (AvgIpc) is 2.26. The summed E-state index contributed by atoms with van der Waals surface area (Å²) in [5.41, 5.74) is 8.12. The van der Waals surface area contributed by atoms with Crippen molar-refractivity contribution in [1.82, 2.24) is 4.98 Å². The highest BCUT2D eigenvalue weighted by atomic mass is 35.5. The van der Waals surface area contributed by atoms with E-state index in [-0.39, 0.29) is 0 Å². The van der Waals surface area contributed by atoms with Crippen LogP contribution in [0.25, 0.3) is 0 Å². The minimum Gasteiger partial charge on any atom is -0.396 e. The lowest BCUT2D eigenvalue weighted by molar-refractivity contribution is 1.30. The summed E-state index contributed by atoms with van der Waals surface area (Å²) >= 11 is 11.9. The fourth-order valence-electron chi connectivity index (χ4n) is 1.47. The second kappa shape index (κ2) is 4.82. The Balaban J connectivity index is 2.38. The lowest BCUT2D eigenvalue weighted by Gasteiger charge is -2.12. The molecule has 0 aliphatic rings. The Bertz CT molecular complexity index is 535. The van der Waals surface area contributed by atoms with Crippen LogP contribution in [-0.2, 0) is 0 Å². The first-order valence-electron chi connectivity index (χ1n) is 5.01. The van der Waals surface area contributed by atoms with E-state index in [1.807, 2.05) is 25.1 Å². The molecule has 3 nitrogen and oxygen atoms in total. The number of hydrogen-bond acceptors (Lipinski definition) is 3. The molecule has 5 heteroatoms. The zero-order valence-corrected chi connectivity index (χ0v) is 10.7. The van der Waals surface area contributed by atoms with Crippen LogP contribution in [0.15, 0.2) is 30.5 Å². The maximum atomic E-state index is 6.11. The van der Waals surface area contributed by atoms with Gasteiger partial charge in [-0.05, 0) is 24.6 Å². The Hall–Kier alpha value is -1.45. The van der Waals surface area contributed by atoms with Gasteiger partial charge in [-0.2, -0.15) is 0 Å². The number of halogens is 2. The van der Waals surface area contributed by atoms with E-state index in [9.17, 15) is 0 Å². The quantitative estimate of drug-likeness (QED) is 0.864. The van der Waals surface area contributed by atoms with Crippen LogP contribution in [0.4, 0.5) is 17.2 Å². The number of aryl methyl sites for hydroxylation is 1. The van der Waals surface area contributed by atoms with Crippen LogP contribution >= 0.6 is 23.2 Å². The monoisotopic (exact) mass is 267 g/mol. The van der Waals surface area contributed by atoms with Gasteiger partial charge in [0.2, 0.25) is 0 Å². The number of hydrogen-bond donors (Lipinski definition) is 2. The summed E-state index contributed by atoms with van der Waals surface area (Å²) < 4.78 is 0. The molecule has 1 heterocycles. The van der Waals surface area contributed by atoms with Crippen molar-refractivity contribution in [1.29, 1.82) is 0 Å². The van der Waals surface area contributed by atoms with Gasteiger partial charge in [0.15, 0.2) is 5.82 Å². The van der Waals surface area contributed by atoms with Gasteiger partial charge in [0.05, 0.1) is 21.4 Å². The van der Waals surface area contributed by atoms with Crippen LogP contribution in [0.3, 0.4) is 0 Å². The zero-order chi connectivity index (χ0) is 12.4. The number of anilines is 3. The highest BCUT2D eigenvalue weighted by Crippen LogP contribution is 2.30. The van der Waals surface area contributed by atoms with Gasteiger partial charge < -0.3 is 11.1 Å². The summed E-state index contributed by atoms with van der Waals surface area (Å²) in [7, 11) is 0. The van der Waals surface area contributed by atoms with Crippen LogP contribution in [0.2, 0.25) is 10.0 Å². The molecule has 0 aliphatic heterocycles. The third-order valence-electron chi connectivity index (χ3n) is 2.35. The molecule has 0 amide bonds. The van der Waals surface area contributed by atoms with E-state index in [1.165, 1.54) is 6.20 Å².